The van der Waals surface area contributed by atoms with E-state index in [0.29, 0.717) is 38.2 Å². The van der Waals surface area contributed by atoms with Crippen LogP contribution < -0.4 is 4.90 Å². The van der Waals surface area contributed by atoms with Gasteiger partial charge in [-0.05, 0) is 50.5 Å². The second-order valence-corrected chi connectivity index (χ2v) is 10.8. The lowest BCUT2D eigenvalue weighted by atomic mass is 9.92. The largest absolute Gasteiger partial charge is 0.449 e. The average Bonchev–Trinajstić information content (AvgIpc) is 3.54. The van der Waals surface area contributed by atoms with E-state index in [2.05, 4.69) is 34.1 Å². The molecule has 1 aliphatic carbocycles. The summed E-state index contributed by atoms with van der Waals surface area (Å²) in [6, 6.07) is 10.1. The van der Waals surface area contributed by atoms with Crippen LogP contribution in [0.25, 0.3) is 0 Å². The summed E-state index contributed by atoms with van der Waals surface area (Å²) in [6.45, 7) is 7.38. The SMILES string of the molecule is CC(C)OC(=O)N1CCN(c2ccc(C3(C(=O)N4CCC5(C4)OC(=O)c4cnccc45)CC3)cc2)CC1. The number of fused-ring (bicyclic) bond motifs is 2. The predicted octanol–water partition coefficient (Wildman–Crippen LogP) is 3.08. The molecule has 3 aliphatic heterocycles. The molecule has 9 nitrogen and oxygen atoms in total. The summed E-state index contributed by atoms with van der Waals surface area (Å²) in [4.78, 5) is 48.2. The molecule has 4 aliphatic rings. The van der Waals surface area contributed by atoms with Crippen LogP contribution in [-0.2, 0) is 25.3 Å². The van der Waals surface area contributed by atoms with Crippen LogP contribution in [0.5, 0.6) is 0 Å². The summed E-state index contributed by atoms with van der Waals surface area (Å²) in [6.07, 6.45) is 5.11. The maximum absolute atomic E-state index is 13.7. The molecule has 0 bridgehead atoms. The smallest absolute Gasteiger partial charge is 0.410 e. The maximum Gasteiger partial charge on any atom is 0.410 e. The van der Waals surface area contributed by atoms with Crippen LogP contribution >= 0.6 is 0 Å². The number of nitrogens with zero attached hydrogens (tertiary/aromatic N) is 4. The molecule has 1 unspecified atom stereocenters. The van der Waals surface area contributed by atoms with E-state index in [4.69, 9.17) is 9.47 Å². The van der Waals surface area contributed by atoms with Gasteiger partial charge in [0, 0.05) is 62.8 Å². The molecular weight excluding hydrogens is 472 g/mol. The minimum atomic E-state index is -0.755. The fraction of sp³-hybridized carbons (Fsp3) is 0.500. The monoisotopic (exact) mass is 504 g/mol. The van der Waals surface area contributed by atoms with Gasteiger partial charge in [-0.1, -0.05) is 12.1 Å². The molecule has 4 heterocycles. The van der Waals surface area contributed by atoms with Gasteiger partial charge in [0.2, 0.25) is 5.91 Å². The van der Waals surface area contributed by atoms with Crippen LogP contribution in [0.15, 0.2) is 42.7 Å². The number of ether oxygens (including phenoxy) is 2. The number of anilines is 1. The number of rotatable bonds is 4. The average molecular weight is 505 g/mol. The second kappa shape index (κ2) is 8.75. The van der Waals surface area contributed by atoms with Crippen molar-refractivity contribution in [2.24, 2.45) is 0 Å². The van der Waals surface area contributed by atoms with Gasteiger partial charge >= 0.3 is 12.1 Å². The van der Waals surface area contributed by atoms with Crippen LogP contribution in [0.3, 0.4) is 0 Å². The van der Waals surface area contributed by atoms with Crippen molar-refractivity contribution in [3.63, 3.8) is 0 Å². The highest BCUT2D eigenvalue weighted by molar-refractivity contribution is 5.95. The van der Waals surface area contributed by atoms with Gasteiger partial charge in [-0.2, -0.15) is 0 Å². The maximum atomic E-state index is 13.7. The summed E-state index contributed by atoms with van der Waals surface area (Å²) in [7, 11) is 0. The summed E-state index contributed by atoms with van der Waals surface area (Å²) < 4.78 is 11.1. The molecular formula is C28H32N4O5. The predicted molar refractivity (Wildman–Crippen MR) is 135 cm³/mol. The number of piperazine rings is 1. The Kier molecular flexibility index (Phi) is 5.62. The van der Waals surface area contributed by atoms with Crippen LogP contribution in [0.4, 0.5) is 10.5 Å². The summed E-state index contributed by atoms with van der Waals surface area (Å²) >= 11 is 0. The van der Waals surface area contributed by atoms with E-state index in [1.54, 1.807) is 17.3 Å². The van der Waals surface area contributed by atoms with Crippen molar-refractivity contribution in [3.8, 4) is 0 Å². The molecule has 6 rings (SSSR count). The first-order valence-corrected chi connectivity index (χ1v) is 13.1. The standard InChI is InChI=1S/C28H32N4O5/c1-19(2)36-26(35)31-15-13-30(14-16-31)21-5-3-20(4-6-21)27(8-9-27)25(34)32-12-10-28(18-32)23-7-11-29-17-22(23)24(33)37-28/h3-7,11,17,19H,8-10,12-16,18H2,1-2H3. The first-order chi connectivity index (χ1) is 17.8. The fourth-order valence-corrected chi connectivity index (χ4v) is 5.97. The number of hydrogen-bond acceptors (Lipinski definition) is 7. The zero-order valence-electron chi connectivity index (χ0n) is 21.3. The molecule has 2 saturated heterocycles. The molecule has 1 atom stereocenters. The summed E-state index contributed by atoms with van der Waals surface area (Å²) in [5.74, 6) is -0.236. The zero-order chi connectivity index (χ0) is 25.8. The van der Waals surface area contributed by atoms with Gasteiger partial charge in [-0.15, -0.1) is 0 Å². The molecule has 1 aromatic heterocycles. The molecule has 1 spiro atoms. The van der Waals surface area contributed by atoms with Crippen LogP contribution in [0, 0.1) is 0 Å². The summed E-state index contributed by atoms with van der Waals surface area (Å²) in [5.41, 5.74) is 2.23. The minimum Gasteiger partial charge on any atom is -0.449 e. The van der Waals surface area contributed by atoms with Crippen molar-refractivity contribution in [2.45, 2.75) is 50.2 Å². The van der Waals surface area contributed by atoms with E-state index >= 15 is 0 Å². The lowest BCUT2D eigenvalue weighted by Gasteiger charge is -2.36. The molecule has 2 amide bonds. The first kappa shape index (κ1) is 23.8. The number of carbonyl (C=O) groups is 3. The quantitative estimate of drug-likeness (QED) is 0.591. The van der Waals surface area contributed by atoms with Crippen molar-refractivity contribution >= 4 is 23.7 Å². The number of pyridine rings is 1. The number of hydrogen-bond donors (Lipinski definition) is 0. The molecule has 3 fully saturated rings. The number of esters is 1. The highest BCUT2D eigenvalue weighted by Crippen LogP contribution is 2.52. The third-order valence-corrected chi connectivity index (χ3v) is 8.16. The Hall–Kier alpha value is -3.62. The Bertz CT molecular complexity index is 1230. The molecule has 37 heavy (non-hydrogen) atoms. The lowest BCUT2D eigenvalue weighted by molar-refractivity contribution is -0.134. The van der Waals surface area contributed by atoms with Crippen molar-refractivity contribution in [1.29, 1.82) is 0 Å². The number of likely N-dealkylation sites (tertiary alicyclic amines) is 1. The molecule has 0 N–H and O–H groups in total. The van der Waals surface area contributed by atoms with Gasteiger partial charge in [0.05, 0.1) is 23.6 Å². The second-order valence-electron chi connectivity index (χ2n) is 10.8. The number of carbonyl (C=O) groups excluding carboxylic acids is 3. The van der Waals surface area contributed by atoms with E-state index in [1.807, 2.05) is 24.8 Å². The van der Waals surface area contributed by atoms with Gasteiger partial charge in [-0.3, -0.25) is 9.78 Å². The van der Waals surface area contributed by atoms with Gasteiger partial charge in [0.25, 0.3) is 0 Å². The van der Waals surface area contributed by atoms with Crippen molar-refractivity contribution < 1.29 is 23.9 Å². The van der Waals surface area contributed by atoms with E-state index < -0.39 is 11.0 Å². The molecule has 2 aromatic rings. The van der Waals surface area contributed by atoms with Crippen molar-refractivity contribution in [3.05, 3.63) is 59.4 Å². The van der Waals surface area contributed by atoms with Crippen LogP contribution in [0.2, 0.25) is 0 Å². The molecule has 1 aromatic carbocycles. The van der Waals surface area contributed by atoms with Crippen molar-refractivity contribution in [1.82, 2.24) is 14.8 Å². The van der Waals surface area contributed by atoms with Gasteiger partial charge in [0.15, 0.2) is 5.60 Å². The Morgan fingerprint density at radius 1 is 0.973 bits per heavy atom. The molecule has 1 saturated carbocycles. The zero-order valence-corrected chi connectivity index (χ0v) is 21.3. The van der Waals surface area contributed by atoms with E-state index in [1.165, 1.54) is 0 Å². The Balaban J connectivity index is 1.11. The number of benzene rings is 1. The summed E-state index contributed by atoms with van der Waals surface area (Å²) in [5, 5.41) is 0. The third kappa shape index (κ3) is 4.01. The first-order valence-electron chi connectivity index (χ1n) is 13.1. The Labute approximate surface area is 216 Å². The third-order valence-electron chi connectivity index (χ3n) is 8.16. The normalized spacial score (nSPS) is 23.9. The van der Waals surface area contributed by atoms with Crippen LogP contribution in [0.1, 0.15) is 54.6 Å². The van der Waals surface area contributed by atoms with Gasteiger partial charge < -0.3 is 24.2 Å². The molecule has 0 radical (unpaired) electrons. The molecule has 9 heteroatoms. The fourth-order valence-electron chi connectivity index (χ4n) is 5.97. The van der Waals surface area contributed by atoms with Crippen molar-refractivity contribution in [2.75, 3.05) is 44.2 Å². The number of amides is 2. The van der Waals surface area contributed by atoms with Crippen LogP contribution in [-0.4, -0.2) is 78.1 Å². The van der Waals surface area contributed by atoms with Gasteiger partial charge in [0.1, 0.15) is 0 Å². The Morgan fingerprint density at radius 3 is 2.38 bits per heavy atom. The number of aromatic nitrogens is 1. The molecule has 194 valence electrons. The highest BCUT2D eigenvalue weighted by atomic mass is 16.6. The highest BCUT2D eigenvalue weighted by Gasteiger charge is 2.57. The minimum absolute atomic E-state index is 0.118. The van der Waals surface area contributed by atoms with E-state index in [-0.39, 0.29) is 24.1 Å². The van der Waals surface area contributed by atoms with E-state index in [0.717, 1.165) is 42.7 Å². The van der Waals surface area contributed by atoms with Gasteiger partial charge in [-0.25, -0.2) is 9.59 Å². The topological polar surface area (TPSA) is 92.3 Å². The Morgan fingerprint density at radius 2 is 1.70 bits per heavy atom. The lowest BCUT2D eigenvalue weighted by Crippen LogP contribution is -2.49. The van der Waals surface area contributed by atoms with E-state index in [9.17, 15) is 14.4 Å².